The highest BCUT2D eigenvalue weighted by atomic mass is 16.5. The number of nitrogens with one attached hydrogen (secondary N) is 1. The SMILES string of the molecule is CC1CCN(C(=O)COC(=O)c2ccc(-c3ncc[nH]3)cc2)CC1. The van der Waals surface area contributed by atoms with Crippen LogP contribution in [0.25, 0.3) is 11.4 Å². The lowest BCUT2D eigenvalue weighted by molar-refractivity contribution is -0.135. The highest BCUT2D eigenvalue weighted by Crippen LogP contribution is 2.17. The number of carbonyl (C=O) groups is 2. The van der Waals surface area contributed by atoms with Gasteiger partial charge in [0, 0.05) is 31.0 Å². The second-order valence-electron chi connectivity index (χ2n) is 6.15. The van der Waals surface area contributed by atoms with Crippen LogP contribution in [0.2, 0.25) is 0 Å². The summed E-state index contributed by atoms with van der Waals surface area (Å²) in [4.78, 5) is 33.1. The number of amides is 1. The minimum absolute atomic E-state index is 0.123. The van der Waals surface area contributed by atoms with Gasteiger partial charge in [-0.05, 0) is 30.9 Å². The number of hydrogen-bond acceptors (Lipinski definition) is 4. The Labute approximate surface area is 140 Å². The van der Waals surface area contributed by atoms with Gasteiger partial charge in [-0.3, -0.25) is 4.79 Å². The summed E-state index contributed by atoms with van der Waals surface area (Å²) in [5.41, 5.74) is 1.31. The van der Waals surface area contributed by atoms with E-state index in [4.69, 9.17) is 4.74 Å². The van der Waals surface area contributed by atoms with Crippen LogP contribution in [0.1, 0.15) is 30.1 Å². The summed E-state index contributed by atoms with van der Waals surface area (Å²) in [5, 5.41) is 0. The van der Waals surface area contributed by atoms with Crippen LogP contribution in [-0.2, 0) is 9.53 Å². The number of likely N-dealkylation sites (tertiary alicyclic amines) is 1. The van der Waals surface area contributed by atoms with E-state index < -0.39 is 5.97 Å². The monoisotopic (exact) mass is 327 g/mol. The van der Waals surface area contributed by atoms with Gasteiger partial charge in [-0.25, -0.2) is 9.78 Å². The maximum Gasteiger partial charge on any atom is 0.338 e. The predicted octanol–water partition coefficient (Wildman–Crippen LogP) is 2.49. The summed E-state index contributed by atoms with van der Waals surface area (Å²) in [6.07, 6.45) is 5.43. The number of hydrogen-bond donors (Lipinski definition) is 1. The Bertz CT molecular complexity index is 687. The van der Waals surface area contributed by atoms with Gasteiger partial charge in [0.05, 0.1) is 5.56 Å². The number of ether oxygens (including phenoxy) is 1. The van der Waals surface area contributed by atoms with Gasteiger partial charge in [0.1, 0.15) is 5.82 Å². The molecule has 0 bridgehead atoms. The summed E-state index contributed by atoms with van der Waals surface area (Å²) in [7, 11) is 0. The van der Waals surface area contributed by atoms with Crippen molar-refractivity contribution in [2.45, 2.75) is 19.8 Å². The number of rotatable bonds is 4. The molecule has 1 aromatic heterocycles. The van der Waals surface area contributed by atoms with Gasteiger partial charge in [0.2, 0.25) is 0 Å². The highest BCUT2D eigenvalue weighted by Gasteiger charge is 2.21. The zero-order valence-electron chi connectivity index (χ0n) is 13.7. The van der Waals surface area contributed by atoms with Crippen LogP contribution in [-0.4, -0.2) is 46.4 Å². The van der Waals surface area contributed by atoms with Crippen molar-refractivity contribution < 1.29 is 14.3 Å². The van der Waals surface area contributed by atoms with Crippen LogP contribution in [0.3, 0.4) is 0 Å². The molecule has 0 saturated carbocycles. The average molecular weight is 327 g/mol. The van der Waals surface area contributed by atoms with E-state index >= 15 is 0 Å². The molecule has 0 atom stereocenters. The molecule has 1 N–H and O–H groups in total. The van der Waals surface area contributed by atoms with Crippen LogP contribution in [0, 0.1) is 5.92 Å². The molecule has 0 unspecified atom stereocenters. The summed E-state index contributed by atoms with van der Waals surface area (Å²) in [6.45, 7) is 3.48. The minimum atomic E-state index is -0.486. The zero-order chi connectivity index (χ0) is 16.9. The fourth-order valence-corrected chi connectivity index (χ4v) is 2.75. The maximum atomic E-state index is 12.1. The van der Waals surface area contributed by atoms with Gasteiger partial charge in [0.15, 0.2) is 6.61 Å². The molecule has 1 aliphatic rings. The number of aromatic nitrogens is 2. The molecule has 6 nitrogen and oxygen atoms in total. The topological polar surface area (TPSA) is 75.3 Å². The molecular weight excluding hydrogens is 306 g/mol. The van der Waals surface area contributed by atoms with E-state index in [1.807, 2.05) is 0 Å². The first-order valence-corrected chi connectivity index (χ1v) is 8.18. The number of aromatic amines is 1. The number of nitrogens with zero attached hydrogens (tertiary/aromatic N) is 2. The smallest absolute Gasteiger partial charge is 0.338 e. The van der Waals surface area contributed by atoms with Crippen LogP contribution in [0.15, 0.2) is 36.7 Å². The van der Waals surface area contributed by atoms with Crippen LogP contribution >= 0.6 is 0 Å². The third-order valence-electron chi connectivity index (χ3n) is 4.36. The molecule has 1 aliphatic heterocycles. The third-order valence-corrected chi connectivity index (χ3v) is 4.36. The molecule has 1 saturated heterocycles. The third kappa shape index (κ3) is 3.82. The zero-order valence-corrected chi connectivity index (χ0v) is 13.7. The molecule has 126 valence electrons. The number of benzene rings is 1. The molecule has 1 aromatic carbocycles. The first-order chi connectivity index (χ1) is 11.6. The van der Waals surface area contributed by atoms with Crippen molar-refractivity contribution >= 4 is 11.9 Å². The van der Waals surface area contributed by atoms with Crippen LogP contribution in [0.4, 0.5) is 0 Å². The highest BCUT2D eigenvalue weighted by molar-refractivity contribution is 5.91. The molecule has 1 fully saturated rings. The number of imidazole rings is 1. The molecule has 6 heteroatoms. The van der Waals surface area contributed by atoms with Gasteiger partial charge in [-0.2, -0.15) is 0 Å². The van der Waals surface area contributed by atoms with Crippen molar-refractivity contribution in [3.8, 4) is 11.4 Å². The van der Waals surface area contributed by atoms with Crippen molar-refractivity contribution in [3.63, 3.8) is 0 Å². The van der Waals surface area contributed by atoms with Crippen molar-refractivity contribution in [1.82, 2.24) is 14.9 Å². The Morgan fingerprint density at radius 1 is 1.25 bits per heavy atom. The van der Waals surface area contributed by atoms with Crippen LogP contribution in [0.5, 0.6) is 0 Å². The molecule has 0 aliphatic carbocycles. The van der Waals surface area contributed by atoms with Crippen molar-refractivity contribution in [2.24, 2.45) is 5.92 Å². The van der Waals surface area contributed by atoms with Crippen molar-refractivity contribution in [1.29, 1.82) is 0 Å². The van der Waals surface area contributed by atoms with E-state index in [0.717, 1.165) is 37.3 Å². The summed E-state index contributed by atoms with van der Waals surface area (Å²) in [5.74, 6) is 0.788. The van der Waals surface area contributed by atoms with Gasteiger partial charge in [0.25, 0.3) is 5.91 Å². The Balaban J connectivity index is 1.52. The second kappa shape index (κ2) is 7.29. The number of carbonyl (C=O) groups excluding carboxylic acids is 2. The molecule has 24 heavy (non-hydrogen) atoms. The van der Waals surface area contributed by atoms with E-state index in [2.05, 4.69) is 16.9 Å². The summed E-state index contributed by atoms with van der Waals surface area (Å²) in [6, 6.07) is 6.94. The second-order valence-corrected chi connectivity index (χ2v) is 6.15. The lowest BCUT2D eigenvalue weighted by Gasteiger charge is -2.30. The number of piperidine rings is 1. The summed E-state index contributed by atoms with van der Waals surface area (Å²) >= 11 is 0. The van der Waals surface area contributed by atoms with Gasteiger partial charge < -0.3 is 14.6 Å². The molecule has 2 aromatic rings. The molecular formula is C18H21N3O3. The first-order valence-electron chi connectivity index (χ1n) is 8.18. The Morgan fingerprint density at radius 2 is 1.96 bits per heavy atom. The predicted molar refractivity (Wildman–Crippen MR) is 89.3 cm³/mol. The average Bonchev–Trinajstić information content (AvgIpc) is 3.15. The molecule has 0 radical (unpaired) electrons. The van der Waals surface area contributed by atoms with E-state index in [-0.39, 0.29) is 12.5 Å². The maximum absolute atomic E-state index is 12.1. The van der Waals surface area contributed by atoms with E-state index in [1.54, 1.807) is 41.6 Å². The number of H-pyrrole nitrogens is 1. The van der Waals surface area contributed by atoms with Crippen molar-refractivity contribution in [3.05, 3.63) is 42.2 Å². The van der Waals surface area contributed by atoms with Gasteiger partial charge >= 0.3 is 5.97 Å². The van der Waals surface area contributed by atoms with Crippen LogP contribution < -0.4 is 0 Å². The molecule has 2 heterocycles. The largest absolute Gasteiger partial charge is 0.452 e. The van der Waals surface area contributed by atoms with Crippen molar-refractivity contribution in [2.75, 3.05) is 19.7 Å². The first kappa shape index (κ1) is 16.2. The normalized spacial score (nSPS) is 15.3. The number of esters is 1. The lowest BCUT2D eigenvalue weighted by atomic mass is 9.99. The van der Waals surface area contributed by atoms with Gasteiger partial charge in [-0.15, -0.1) is 0 Å². The summed E-state index contributed by atoms with van der Waals surface area (Å²) < 4.78 is 5.15. The molecule has 0 spiro atoms. The Hall–Kier alpha value is -2.63. The Morgan fingerprint density at radius 3 is 2.58 bits per heavy atom. The fraction of sp³-hybridized carbons (Fsp3) is 0.389. The molecule has 3 rings (SSSR count). The van der Waals surface area contributed by atoms with E-state index in [9.17, 15) is 9.59 Å². The fourth-order valence-electron chi connectivity index (χ4n) is 2.75. The standard InChI is InChI=1S/C18H21N3O3/c1-13-6-10-21(11-7-13)16(22)12-24-18(23)15-4-2-14(3-5-15)17-19-8-9-20-17/h2-5,8-9,13H,6-7,10-12H2,1H3,(H,19,20). The van der Waals surface area contributed by atoms with Gasteiger partial charge in [-0.1, -0.05) is 19.1 Å². The quantitative estimate of drug-likeness (QED) is 0.876. The minimum Gasteiger partial charge on any atom is -0.452 e. The van der Waals surface area contributed by atoms with E-state index in [0.29, 0.717) is 11.5 Å². The molecule has 1 amide bonds. The lowest BCUT2D eigenvalue weighted by Crippen LogP contribution is -2.40. The van der Waals surface area contributed by atoms with E-state index in [1.165, 1.54) is 0 Å². The Kier molecular flexibility index (Phi) is 4.93.